The molecule has 0 N–H and O–H groups in total. The second-order valence-corrected chi connectivity index (χ2v) is 16.2. The van der Waals surface area contributed by atoms with Crippen LogP contribution in [0.15, 0.2) is 179 Å². The van der Waals surface area contributed by atoms with E-state index in [0.717, 1.165) is 50.4 Å². The van der Waals surface area contributed by atoms with Crippen LogP contribution in [-0.4, -0.2) is 12.8 Å². The van der Waals surface area contributed by atoms with E-state index >= 15 is 0 Å². The number of para-hydroxylation sites is 3. The van der Waals surface area contributed by atoms with Gasteiger partial charge in [-0.3, -0.25) is 4.40 Å². The molecule has 0 unspecified atom stereocenters. The molecule has 1 aliphatic heterocycles. The first-order valence-electron chi connectivity index (χ1n) is 17.2. The first-order chi connectivity index (χ1) is 25.5. The summed E-state index contributed by atoms with van der Waals surface area (Å²) in [5, 5.41) is 7.06. The number of aromatic nitrogens is 1. The minimum absolute atomic E-state index is 0.361. The van der Waals surface area contributed by atoms with Gasteiger partial charge in [0.15, 0.2) is 0 Å². The van der Waals surface area contributed by atoms with E-state index in [1.165, 1.54) is 37.4 Å². The molecule has 0 saturated heterocycles. The lowest BCUT2D eigenvalue weighted by Crippen LogP contribution is -2.09. The van der Waals surface area contributed by atoms with Crippen molar-refractivity contribution in [1.29, 1.82) is 0 Å². The maximum atomic E-state index is 13.9. The molecule has 246 valence electrons. The molecule has 0 spiro atoms. The van der Waals surface area contributed by atoms with Gasteiger partial charge in [-0.05, 0) is 113 Å². The van der Waals surface area contributed by atoms with Gasteiger partial charge < -0.3 is 4.90 Å². The fourth-order valence-corrected chi connectivity index (χ4v) is 10.8. The van der Waals surface area contributed by atoms with E-state index in [9.17, 15) is 8.42 Å². The third kappa shape index (κ3) is 4.16. The van der Waals surface area contributed by atoms with E-state index in [-0.39, 0.29) is 0 Å². The minimum Gasteiger partial charge on any atom is -0.311 e. The Labute approximate surface area is 304 Å². The summed E-state index contributed by atoms with van der Waals surface area (Å²) >= 11 is 1.76. The van der Waals surface area contributed by atoms with Gasteiger partial charge in [-0.1, -0.05) is 78.9 Å². The third-order valence-electron chi connectivity index (χ3n) is 10.6. The summed E-state index contributed by atoms with van der Waals surface area (Å²) < 4.78 is 30.1. The van der Waals surface area contributed by atoms with Crippen LogP contribution in [0.3, 0.4) is 0 Å². The highest BCUT2D eigenvalue weighted by Gasteiger charge is 2.33. The number of thiophene rings is 1. The monoisotopic (exact) mass is 704 g/mol. The third-order valence-corrected chi connectivity index (χ3v) is 13.3. The van der Waals surface area contributed by atoms with Gasteiger partial charge in [0, 0.05) is 49.7 Å². The van der Waals surface area contributed by atoms with Crippen LogP contribution in [0.4, 0.5) is 17.1 Å². The molecule has 52 heavy (non-hydrogen) atoms. The summed E-state index contributed by atoms with van der Waals surface area (Å²) in [7, 11) is -3.64. The van der Waals surface area contributed by atoms with Gasteiger partial charge in [0.05, 0.1) is 20.8 Å². The normalized spacial score (nSPS) is 13.3. The Kier molecular flexibility index (Phi) is 6.18. The fraction of sp³-hybridized carbons (Fsp3) is 0. The van der Waals surface area contributed by atoms with Crippen LogP contribution in [0.2, 0.25) is 0 Å². The quantitative estimate of drug-likeness (QED) is 0.179. The van der Waals surface area contributed by atoms with Crippen LogP contribution >= 0.6 is 11.3 Å². The van der Waals surface area contributed by atoms with Crippen molar-refractivity contribution >= 4 is 75.6 Å². The van der Waals surface area contributed by atoms with E-state index in [4.69, 9.17) is 0 Å². The fourth-order valence-electron chi connectivity index (χ4n) is 8.19. The molecule has 4 heterocycles. The van der Waals surface area contributed by atoms with Crippen LogP contribution in [0.25, 0.3) is 70.8 Å². The molecule has 11 rings (SSSR count). The van der Waals surface area contributed by atoms with Gasteiger partial charge >= 0.3 is 0 Å². The first kappa shape index (κ1) is 29.5. The molecule has 10 aromatic rings. The Hall–Kier alpha value is -6.21. The van der Waals surface area contributed by atoms with Gasteiger partial charge in [-0.25, -0.2) is 8.42 Å². The van der Waals surface area contributed by atoms with E-state index in [0.29, 0.717) is 9.79 Å². The molecule has 0 bridgehead atoms. The van der Waals surface area contributed by atoms with Crippen molar-refractivity contribution in [3.63, 3.8) is 0 Å². The number of benzene rings is 7. The van der Waals surface area contributed by atoms with Crippen molar-refractivity contribution in [2.24, 2.45) is 0 Å². The smallest absolute Gasteiger partial charge is 0.207 e. The number of fused-ring (bicyclic) bond motifs is 9. The molecule has 3 aromatic heterocycles. The standard InChI is InChI=1S/C46H28N2O2S2/c49-52(50)43-21-17-30(29-15-19-35(20-16-29)47(33-9-3-1-4-10-33)34-11-5-2-6-12-34)25-38(43)39-26-31(18-22-44(39)52)32-27-40-36-13-7-8-14-42(36)48-45(40)41(28-32)37-23-24-51-46(37)48/h1-28H. The number of rotatable bonds is 5. The lowest BCUT2D eigenvalue weighted by molar-refractivity contribution is 0.598. The summed E-state index contributed by atoms with van der Waals surface area (Å²) in [4.78, 5) is 4.21. The molecule has 1 aliphatic rings. The zero-order chi connectivity index (χ0) is 34.6. The second-order valence-electron chi connectivity index (χ2n) is 13.4. The van der Waals surface area contributed by atoms with Crippen molar-refractivity contribution < 1.29 is 8.42 Å². The number of sulfone groups is 1. The van der Waals surface area contributed by atoms with Crippen molar-refractivity contribution in [2.45, 2.75) is 9.79 Å². The first-order valence-corrected chi connectivity index (χ1v) is 19.6. The molecule has 0 saturated carbocycles. The zero-order valence-electron chi connectivity index (χ0n) is 27.7. The molecule has 0 amide bonds. The summed E-state index contributed by atoms with van der Waals surface area (Å²) in [6, 6.07) is 56.1. The van der Waals surface area contributed by atoms with E-state index in [2.05, 4.69) is 112 Å². The second kappa shape index (κ2) is 10.9. The molecule has 7 aromatic carbocycles. The number of nitrogens with zero attached hydrogens (tertiary/aromatic N) is 2. The van der Waals surface area contributed by atoms with Crippen LogP contribution < -0.4 is 4.90 Å². The summed E-state index contributed by atoms with van der Waals surface area (Å²) in [5.74, 6) is 0. The Bertz CT molecular complexity index is 3090. The van der Waals surface area contributed by atoms with Crippen LogP contribution in [-0.2, 0) is 9.84 Å². The topological polar surface area (TPSA) is 41.8 Å². The number of anilines is 3. The highest BCUT2D eigenvalue weighted by molar-refractivity contribution is 7.92. The molecule has 4 nitrogen and oxygen atoms in total. The average molecular weight is 705 g/mol. The highest BCUT2D eigenvalue weighted by Crippen LogP contribution is 2.48. The lowest BCUT2D eigenvalue weighted by atomic mass is 9.95. The summed E-state index contributed by atoms with van der Waals surface area (Å²) in [6.07, 6.45) is 0. The van der Waals surface area contributed by atoms with Crippen LogP contribution in [0.1, 0.15) is 0 Å². The predicted octanol–water partition coefficient (Wildman–Crippen LogP) is 12.5. The molecule has 0 radical (unpaired) electrons. The van der Waals surface area contributed by atoms with Crippen LogP contribution in [0, 0.1) is 0 Å². The van der Waals surface area contributed by atoms with Gasteiger partial charge in [-0.2, -0.15) is 0 Å². The molecule has 0 fully saturated rings. The zero-order valence-corrected chi connectivity index (χ0v) is 29.3. The number of hydrogen-bond donors (Lipinski definition) is 0. The molecule has 6 heteroatoms. The van der Waals surface area contributed by atoms with Crippen molar-refractivity contribution in [3.05, 3.63) is 169 Å². The Morgan fingerprint density at radius 1 is 0.462 bits per heavy atom. The molecular formula is C46H28N2O2S2. The largest absolute Gasteiger partial charge is 0.311 e. The maximum Gasteiger partial charge on any atom is 0.207 e. The summed E-state index contributed by atoms with van der Waals surface area (Å²) in [5.41, 5.74) is 11.2. The lowest BCUT2D eigenvalue weighted by Gasteiger charge is -2.25. The number of hydrogen-bond acceptors (Lipinski definition) is 4. The van der Waals surface area contributed by atoms with Gasteiger partial charge in [0.1, 0.15) is 4.83 Å². The van der Waals surface area contributed by atoms with E-state index < -0.39 is 9.84 Å². The summed E-state index contributed by atoms with van der Waals surface area (Å²) in [6.45, 7) is 0. The van der Waals surface area contributed by atoms with Gasteiger partial charge in [0.25, 0.3) is 0 Å². The van der Waals surface area contributed by atoms with Crippen molar-refractivity contribution in [1.82, 2.24) is 4.40 Å². The minimum atomic E-state index is -3.64. The van der Waals surface area contributed by atoms with E-state index in [1.807, 2.05) is 54.6 Å². The maximum absolute atomic E-state index is 13.9. The van der Waals surface area contributed by atoms with Gasteiger partial charge in [-0.15, -0.1) is 11.3 Å². The van der Waals surface area contributed by atoms with Gasteiger partial charge in [0.2, 0.25) is 9.84 Å². The van der Waals surface area contributed by atoms with Crippen LogP contribution in [0.5, 0.6) is 0 Å². The molecular weight excluding hydrogens is 677 g/mol. The predicted molar refractivity (Wildman–Crippen MR) is 215 cm³/mol. The molecule has 0 aliphatic carbocycles. The Morgan fingerprint density at radius 3 is 1.65 bits per heavy atom. The Morgan fingerprint density at radius 2 is 1.00 bits per heavy atom. The van der Waals surface area contributed by atoms with Crippen molar-refractivity contribution in [2.75, 3.05) is 4.90 Å². The SMILES string of the molecule is O=S1(=O)c2ccc(-c3ccc(N(c4ccccc4)c4ccccc4)cc3)cc2-c2cc(-c3cc4c5ccccc5n5c6sccc6c(c3)c45)ccc21. The Balaban J connectivity index is 1.02. The average Bonchev–Trinajstić information content (AvgIpc) is 3.93. The van der Waals surface area contributed by atoms with Crippen molar-refractivity contribution in [3.8, 4) is 33.4 Å². The molecule has 0 atom stereocenters. The highest BCUT2D eigenvalue weighted by atomic mass is 32.2. The van der Waals surface area contributed by atoms with E-state index in [1.54, 1.807) is 23.5 Å².